The second kappa shape index (κ2) is 9.65. The molecule has 2 aromatic carbocycles. The van der Waals surface area contributed by atoms with E-state index in [2.05, 4.69) is 26.1 Å². The highest BCUT2D eigenvalue weighted by Gasteiger charge is 2.31. The summed E-state index contributed by atoms with van der Waals surface area (Å²) < 4.78 is 21.8. The van der Waals surface area contributed by atoms with E-state index in [1.807, 2.05) is 87.6 Å². The van der Waals surface area contributed by atoms with Crippen LogP contribution in [-0.2, 0) is 17.8 Å². The van der Waals surface area contributed by atoms with Crippen molar-refractivity contribution in [3.05, 3.63) is 90.4 Å². The van der Waals surface area contributed by atoms with Gasteiger partial charge in [0.05, 0.1) is 17.9 Å². The molecule has 8 heteroatoms. The van der Waals surface area contributed by atoms with Gasteiger partial charge in [-0.2, -0.15) is 5.10 Å². The molecule has 0 bridgehead atoms. The monoisotopic (exact) mass is 485 g/mol. The molecule has 0 amide bonds. The lowest BCUT2D eigenvalue weighted by Gasteiger charge is -2.29. The van der Waals surface area contributed by atoms with Gasteiger partial charge in [0.2, 0.25) is 0 Å². The number of hydrogen-bond acceptors (Lipinski definition) is 6. The molecule has 1 unspecified atom stereocenters. The molecule has 178 valence electrons. The third-order valence-corrected chi connectivity index (χ3v) is 7.40. The lowest BCUT2D eigenvalue weighted by molar-refractivity contribution is 0.459. The minimum Gasteiger partial charge on any atom is -0.598 e. The van der Waals surface area contributed by atoms with E-state index in [0.717, 1.165) is 44.7 Å². The van der Waals surface area contributed by atoms with Crippen molar-refractivity contribution >= 4 is 22.3 Å². The molecular formula is C27H27N5O2S. The molecule has 0 saturated heterocycles. The average Bonchev–Trinajstić information content (AvgIpc) is 3.54. The van der Waals surface area contributed by atoms with Crippen LogP contribution in [0.2, 0.25) is 0 Å². The number of nitrogens with one attached hydrogen (secondary N) is 2. The van der Waals surface area contributed by atoms with Gasteiger partial charge in [0.15, 0.2) is 5.58 Å². The van der Waals surface area contributed by atoms with Crippen molar-refractivity contribution < 1.29 is 9.08 Å². The van der Waals surface area contributed by atoms with Crippen LogP contribution in [0.3, 0.4) is 0 Å². The van der Waals surface area contributed by atoms with Crippen molar-refractivity contribution in [3.63, 3.8) is 0 Å². The number of benzene rings is 2. The van der Waals surface area contributed by atoms with Crippen LogP contribution in [-0.4, -0.2) is 29.6 Å². The van der Waals surface area contributed by atoms with Gasteiger partial charge in [-0.25, -0.2) is 0 Å². The van der Waals surface area contributed by atoms with Crippen LogP contribution in [0, 0.1) is 0 Å². The smallest absolute Gasteiger partial charge is 0.167 e. The zero-order valence-corrected chi connectivity index (χ0v) is 20.7. The van der Waals surface area contributed by atoms with Crippen LogP contribution in [0.25, 0.3) is 33.5 Å². The fourth-order valence-corrected chi connectivity index (χ4v) is 4.79. The molecule has 0 aliphatic carbocycles. The summed E-state index contributed by atoms with van der Waals surface area (Å²) in [6.07, 6.45) is 4.11. The SMILES string of the molecule is CC(C)(C)[S+]([O-])N[C@@H](Cc1cccc(-c2cn[nH]c2)n1)c1ccccc1-c1noc2ccccc12. The van der Waals surface area contributed by atoms with E-state index in [0.29, 0.717) is 6.42 Å². The second-order valence-electron chi connectivity index (χ2n) is 9.37. The van der Waals surface area contributed by atoms with Crippen LogP contribution in [0.5, 0.6) is 0 Å². The van der Waals surface area contributed by atoms with Gasteiger partial charge in [-0.05, 0) is 50.6 Å². The van der Waals surface area contributed by atoms with E-state index in [1.165, 1.54) is 0 Å². The third kappa shape index (κ3) is 5.00. The molecule has 2 atom stereocenters. The van der Waals surface area contributed by atoms with Crippen LogP contribution < -0.4 is 4.72 Å². The lowest BCUT2D eigenvalue weighted by atomic mass is 9.94. The minimum atomic E-state index is -1.30. The Hall–Kier alpha value is -3.46. The van der Waals surface area contributed by atoms with Gasteiger partial charge in [-0.1, -0.05) is 47.6 Å². The minimum absolute atomic E-state index is 0.270. The normalized spacial score (nSPS) is 13.7. The molecule has 0 saturated carbocycles. The third-order valence-electron chi connectivity index (χ3n) is 5.79. The highest BCUT2D eigenvalue weighted by Crippen LogP contribution is 2.35. The molecular weight excluding hydrogens is 458 g/mol. The average molecular weight is 486 g/mol. The first-order valence-corrected chi connectivity index (χ1v) is 12.6. The van der Waals surface area contributed by atoms with Gasteiger partial charge in [0.25, 0.3) is 0 Å². The summed E-state index contributed by atoms with van der Waals surface area (Å²) in [5.74, 6) is 0. The number of hydrogen-bond donors (Lipinski definition) is 2. The zero-order chi connectivity index (χ0) is 24.4. The van der Waals surface area contributed by atoms with Crippen molar-refractivity contribution in [2.75, 3.05) is 0 Å². The van der Waals surface area contributed by atoms with E-state index in [-0.39, 0.29) is 6.04 Å². The molecule has 3 heterocycles. The quantitative estimate of drug-likeness (QED) is 0.290. The number of aromatic amines is 1. The van der Waals surface area contributed by atoms with E-state index in [1.54, 1.807) is 6.20 Å². The van der Waals surface area contributed by atoms with E-state index < -0.39 is 16.1 Å². The van der Waals surface area contributed by atoms with Gasteiger partial charge >= 0.3 is 0 Å². The summed E-state index contributed by atoms with van der Waals surface area (Å²) in [6.45, 7) is 5.88. The van der Waals surface area contributed by atoms with Gasteiger partial charge in [0.1, 0.15) is 10.4 Å². The number of fused-ring (bicyclic) bond motifs is 1. The summed E-state index contributed by atoms with van der Waals surface area (Å²) in [6, 6.07) is 21.5. The van der Waals surface area contributed by atoms with Crippen LogP contribution >= 0.6 is 0 Å². The maximum Gasteiger partial charge on any atom is 0.167 e. The Morgan fingerprint density at radius 2 is 1.83 bits per heavy atom. The van der Waals surface area contributed by atoms with Crippen molar-refractivity contribution in [1.29, 1.82) is 0 Å². The highest BCUT2D eigenvalue weighted by molar-refractivity contribution is 7.90. The summed E-state index contributed by atoms with van der Waals surface area (Å²) in [4.78, 5) is 4.86. The zero-order valence-electron chi connectivity index (χ0n) is 19.9. The lowest BCUT2D eigenvalue weighted by Crippen LogP contribution is -2.42. The number of para-hydroxylation sites is 1. The van der Waals surface area contributed by atoms with Crippen LogP contribution in [0.1, 0.15) is 38.1 Å². The molecule has 5 rings (SSSR count). The van der Waals surface area contributed by atoms with Crippen molar-refractivity contribution in [3.8, 4) is 22.5 Å². The molecule has 3 aromatic heterocycles. The fraction of sp³-hybridized carbons (Fsp3) is 0.222. The Balaban J connectivity index is 1.57. The van der Waals surface area contributed by atoms with Gasteiger partial charge in [-0.3, -0.25) is 10.1 Å². The highest BCUT2D eigenvalue weighted by atomic mass is 32.2. The first kappa shape index (κ1) is 23.3. The van der Waals surface area contributed by atoms with Crippen LogP contribution in [0.15, 0.2) is 83.6 Å². The number of pyridine rings is 1. The molecule has 0 fully saturated rings. The first-order valence-electron chi connectivity index (χ1n) is 11.5. The first-order chi connectivity index (χ1) is 16.9. The standard InChI is InChI=1S/C27H27N5O2S/c1-27(2,3)35(33)32-24(15-19-9-8-13-23(30-19)18-16-28-29-17-18)20-10-4-5-11-21(20)26-22-12-6-7-14-25(22)34-31-26/h4-14,16-17,24,32H,15H2,1-3H3,(H,28,29)/t24-,35?/m0/s1. The molecule has 2 N–H and O–H groups in total. The van der Waals surface area contributed by atoms with Crippen molar-refractivity contribution in [2.45, 2.75) is 38.0 Å². The molecule has 0 aliphatic rings. The molecule has 7 nitrogen and oxygen atoms in total. The number of aromatic nitrogens is 4. The Bertz CT molecular complexity index is 1430. The van der Waals surface area contributed by atoms with Crippen molar-refractivity contribution in [1.82, 2.24) is 25.1 Å². The van der Waals surface area contributed by atoms with Crippen LogP contribution in [0.4, 0.5) is 0 Å². The summed E-state index contributed by atoms with van der Waals surface area (Å²) in [5.41, 5.74) is 6.06. The molecule has 0 aliphatic heterocycles. The Kier molecular flexibility index (Phi) is 6.42. The maximum absolute atomic E-state index is 13.2. The largest absolute Gasteiger partial charge is 0.598 e. The summed E-state index contributed by atoms with van der Waals surface area (Å²) in [5, 5.41) is 12.2. The second-order valence-corrected chi connectivity index (χ2v) is 11.4. The number of nitrogens with zero attached hydrogens (tertiary/aromatic N) is 3. The molecule has 0 spiro atoms. The Morgan fingerprint density at radius 3 is 2.63 bits per heavy atom. The Labute approximate surface area is 207 Å². The van der Waals surface area contributed by atoms with E-state index >= 15 is 0 Å². The van der Waals surface area contributed by atoms with Gasteiger partial charge < -0.3 is 9.08 Å². The summed E-state index contributed by atoms with van der Waals surface area (Å²) >= 11 is -1.30. The topological polar surface area (TPSA) is 103 Å². The van der Waals surface area contributed by atoms with E-state index in [9.17, 15) is 4.55 Å². The maximum atomic E-state index is 13.2. The predicted octanol–water partition coefficient (Wildman–Crippen LogP) is 5.62. The van der Waals surface area contributed by atoms with Gasteiger partial charge in [0, 0.05) is 46.2 Å². The fourth-order valence-electron chi connectivity index (χ4n) is 3.97. The van der Waals surface area contributed by atoms with E-state index in [4.69, 9.17) is 9.51 Å². The Morgan fingerprint density at radius 1 is 1.03 bits per heavy atom. The number of H-pyrrole nitrogens is 1. The van der Waals surface area contributed by atoms with Gasteiger partial charge in [-0.15, -0.1) is 4.72 Å². The predicted molar refractivity (Wildman–Crippen MR) is 139 cm³/mol. The molecule has 35 heavy (non-hydrogen) atoms. The summed E-state index contributed by atoms with van der Waals surface area (Å²) in [7, 11) is 0. The van der Waals surface area contributed by atoms with Crippen molar-refractivity contribution in [2.24, 2.45) is 0 Å². The molecule has 5 aromatic rings. The molecule has 0 radical (unpaired) electrons. The number of rotatable bonds is 7.